The fraction of sp³-hybridized carbons (Fsp3) is 0.375. The van der Waals surface area contributed by atoms with Crippen LogP contribution in [0.2, 0.25) is 0 Å². The molecular formula is C16H19N3O2. The van der Waals surface area contributed by atoms with Crippen LogP contribution < -0.4 is 14.8 Å². The lowest BCUT2D eigenvalue weighted by molar-refractivity contribution is 0.229. The van der Waals surface area contributed by atoms with Gasteiger partial charge in [-0.3, -0.25) is 0 Å². The summed E-state index contributed by atoms with van der Waals surface area (Å²) in [6, 6.07) is 10.0. The highest BCUT2D eigenvalue weighted by Gasteiger charge is 2.19. The summed E-state index contributed by atoms with van der Waals surface area (Å²) in [6.45, 7) is 3.42. The third-order valence-electron chi connectivity index (χ3n) is 3.54. The number of anilines is 1. The van der Waals surface area contributed by atoms with Gasteiger partial charge >= 0.3 is 0 Å². The van der Waals surface area contributed by atoms with Crippen LogP contribution in [-0.4, -0.2) is 30.2 Å². The Balaban J connectivity index is 1.63. The first-order valence-corrected chi connectivity index (χ1v) is 7.09. The molecule has 1 aromatic carbocycles. The smallest absolute Gasteiger partial charge is 0.226 e. The Hall–Kier alpha value is -2.30. The number of aromatic nitrogens is 2. The van der Waals surface area contributed by atoms with Crippen LogP contribution in [0.15, 0.2) is 30.3 Å². The van der Waals surface area contributed by atoms with Gasteiger partial charge in [0.2, 0.25) is 11.8 Å². The van der Waals surface area contributed by atoms with Gasteiger partial charge in [0.1, 0.15) is 5.75 Å². The number of aryl methyl sites for hydroxylation is 1. The lowest BCUT2D eigenvalue weighted by atomic mass is 9.97. The van der Waals surface area contributed by atoms with Crippen molar-refractivity contribution >= 4 is 5.95 Å². The molecule has 3 rings (SSSR count). The number of ether oxygens (including phenoxy) is 2. The standard InChI is InChI=1S/C16H19N3O2/c1-11-7-15(20-2)19-16(18-11)17-9-12-8-13-5-3-4-6-14(13)21-10-12/h3-7,12H,8-10H2,1-2H3,(H,17,18,19). The van der Waals surface area contributed by atoms with E-state index in [4.69, 9.17) is 9.47 Å². The summed E-state index contributed by atoms with van der Waals surface area (Å²) in [5.74, 6) is 2.60. The molecule has 1 atom stereocenters. The number of nitrogens with one attached hydrogen (secondary N) is 1. The number of rotatable bonds is 4. The molecule has 0 spiro atoms. The van der Waals surface area contributed by atoms with Crippen molar-refractivity contribution in [2.24, 2.45) is 5.92 Å². The Kier molecular flexibility index (Phi) is 3.90. The molecule has 0 fully saturated rings. The third kappa shape index (κ3) is 3.24. The van der Waals surface area contributed by atoms with Crippen molar-refractivity contribution in [1.29, 1.82) is 0 Å². The Morgan fingerprint density at radius 2 is 2.19 bits per heavy atom. The predicted octanol–water partition coefficient (Wildman–Crippen LogP) is 2.46. The van der Waals surface area contributed by atoms with Crippen LogP contribution in [0, 0.1) is 12.8 Å². The average Bonchev–Trinajstić information content (AvgIpc) is 2.52. The molecule has 110 valence electrons. The van der Waals surface area contributed by atoms with E-state index in [0.29, 0.717) is 24.4 Å². The first-order chi connectivity index (χ1) is 10.2. The second-order valence-corrected chi connectivity index (χ2v) is 5.25. The normalized spacial score (nSPS) is 16.8. The van der Waals surface area contributed by atoms with E-state index in [0.717, 1.165) is 24.4 Å². The fourth-order valence-corrected chi connectivity index (χ4v) is 2.48. The van der Waals surface area contributed by atoms with Gasteiger partial charge < -0.3 is 14.8 Å². The van der Waals surface area contributed by atoms with Crippen molar-refractivity contribution in [3.63, 3.8) is 0 Å². The molecule has 5 heteroatoms. The van der Waals surface area contributed by atoms with E-state index < -0.39 is 0 Å². The van der Waals surface area contributed by atoms with E-state index in [-0.39, 0.29) is 0 Å². The molecule has 1 unspecified atom stereocenters. The summed E-state index contributed by atoms with van der Waals surface area (Å²) in [7, 11) is 1.61. The van der Waals surface area contributed by atoms with Gasteiger partial charge in [0, 0.05) is 24.2 Å². The zero-order valence-electron chi connectivity index (χ0n) is 12.3. The Bertz CT molecular complexity index is 631. The lowest BCUT2D eigenvalue weighted by Gasteiger charge is -2.25. The zero-order valence-corrected chi connectivity index (χ0v) is 12.3. The molecule has 1 N–H and O–H groups in total. The van der Waals surface area contributed by atoms with Gasteiger partial charge in [-0.05, 0) is 25.0 Å². The first kappa shape index (κ1) is 13.7. The summed E-state index contributed by atoms with van der Waals surface area (Å²) in [6.07, 6.45) is 1.01. The average molecular weight is 285 g/mol. The van der Waals surface area contributed by atoms with E-state index in [9.17, 15) is 0 Å². The maximum absolute atomic E-state index is 5.79. The summed E-state index contributed by atoms with van der Waals surface area (Å²) in [5, 5.41) is 3.28. The Morgan fingerprint density at radius 3 is 3.05 bits per heavy atom. The molecule has 2 heterocycles. The minimum absolute atomic E-state index is 0.412. The van der Waals surface area contributed by atoms with Gasteiger partial charge in [0.15, 0.2) is 0 Å². The maximum atomic E-state index is 5.79. The summed E-state index contributed by atoms with van der Waals surface area (Å²) < 4.78 is 10.9. The molecule has 0 bridgehead atoms. The first-order valence-electron chi connectivity index (χ1n) is 7.09. The number of fused-ring (bicyclic) bond motifs is 1. The van der Waals surface area contributed by atoms with Gasteiger partial charge in [-0.1, -0.05) is 18.2 Å². The quantitative estimate of drug-likeness (QED) is 0.935. The van der Waals surface area contributed by atoms with Crippen molar-refractivity contribution in [1.82, 2.24) is 9.97 Å². The largest absolute Gasteiger partial charge is 0.493 e. The van der Waals surface area contributed by atoms with Gasteiger partial charge in [0.25, 0.3) is 0 Å². The number of hydrogen-bond acceptors (Lipinski definition) is 5. The minimum Gasteiger partial charge on any atom is -0.493 e. The van der Waals surface area contributed by atoms with Gasteiger partial charge in [0.05, 0.1) is 13.7 Å². The highest BCUT2D eigenvalue weighted by molar-refractivity contribution is 5.36. The summed E-state index contributed by atoms with van der Waals surface area (Å²) >= 11 is 0. The predicted molar refractivity (Wildman–Crippen MR) is 80.9 cm³/mol. The molecule has 1 aliphatic rings. The maximum Gasteiger partial charge on any atom is 0.226 e. The summed E-state index contributed by atoms with van der Waals surface area (Å²) in [4.78, 5) is 8.66. The van der Waals surface area contributed by atoms with Crippen LogP contribution in [0.4, 0.5) is 5.95 Å². The van der Waals surface area contributed by atoms with Crippen LogP contribution in [0.5, 0.6) is 11.6 Å². The van der Waals surface area contributed by atoms with Crippen molar-refractivity contribution in [3.05, 3.63) is 41.6 Å². The van der Waals surface area contributed by atoms with E-state index in [1.165, 1.54) is 5.56 Å². The van der Waals surface area contributed by atoms with E-state index in [2.05, 4.69) is 21.4 Å². The number of para-hydroxylation sites is 1. The number of nitrogens with zero attached hydrogens (tertiary/aromatic N) is 2. The third-order valence-corrected chi connectivity index (χ3v) is 3.54. The molecule has 2 aromatic rings. The second-order valence-electron chi connectivity index (χ2n) is 5.25. The van der Waals surface area contributed by atoms with Crippen molar-refractivity contribution in [3.8, 4) is 11.6 Å². The molecule has 1 aromatic heterocycles. The van der Waals surface area contributed by atoms with Gasteiger partial charge in [-0.25, -0.2) is 4.98 Å². The van der Waals surface area contributed by atoms with E-state index in [1.54, 1.807) is 7.11 Å². The highest BCUT2D eigenvalue weighted by atomic mass is 16.5. The molecule has 5 nitrogen and oxygen atoms in total. The van der Waals surface area contributed by atoms with Crippen LogP contribution >= 0.6 is 0 Å². The molecule has 0 saturated carbocycles. The molecule has 0 radical (unpaired) electrons. The van der Waals surface area contributed by atoms with E-state index in [1.807, 2.05) is 31.2 Å². The monoisotopic (exact) mass is 285 g/mol. The molecule has 1 aliphatic heterocycles. The van der Waals surface area contributed by atoms with Crippen LogP contribution in [0.1, 0.15) is 11.3 Å². The number of benzene rings is 1. The van der Waals surface area contributed by atoms with Crippen LogP contribution in [0.25, 0.3) is 0 Å². The SMILES string of the molecule is COc1cc(C)nc(NCC2COc3ccccc3C2)n1. The number of hydrogen-bond donors (Lipinski definition) is 1. The molecule has 0 aliphatic carbocycles. The van der Waals surface area contributed by atoms with Crippen molar-refractivity contribution in [2.75, 3.05) is 25.6 Å². The molecule has 0 saturated heterocycles. The minimum atomic E-state index is 0.412. The Morgan fingerprint density at radius 1 is 1.33 bits per heavy atom. The molecule has 21 heavy (non-hydrogen) atoms. The zero-order chi connectivity index (χ0) is 14.7. The summed E-state index contributed by atoms with van der Waals surface area (Å²) in [5.41, 5.74) is 2.15. The highest BCUT2D eigenvalue weighted by Crippen LogP contribution is 2.26. The van der Waals surface area contributed by atoms with Crippen molar-refractivity contribution in [2.45, 2.75) is 13.3 Å². The topological polar surface area (TPSA) is 56.3 Å². The Labute approximate surface area is 124 Å². The fourth-order valence-electron chi connectivity index (χ4n) is 2.48. The van der Waals surface area contributed by atoms with Crippen LogP contribution in [-0.2, 0) is 6.42 Å². The number of methoxy groups -OCH3 is 1. The van der Waals surface area contributed by atoms with Gasteiger partial charge in [-0.2, -0.15) is 4.98 Å². The van der Waals surface area contributed by atoms with Crippen LogP contribution in [0.3, 0.4) is 0 Å². The molecular weight excluding hydrogens is 266 g/mol. The molecule has 0 amide bonds. The van der Waals surface area contributed by atoms with Crippen molar-refractivity contribution < 1.29 is 9.47 Å². The lowest BCUT2D eigenvalue weighted by Crippen LogP contribution is -2.27. The van der Waals surface area contributed by atoms with E-state index >= 15 is 0 Å². The second kappa shape index (κ2) is 5.99. The van der Waals surface area contributed by atoms with Gasteiger partial charge in [-0.15, -0.1) is 0 Å².